The van der Waals surface area contributed by atoms with Crippen molar-refractivity contribution >= 4 is 10.9 Å². The maximum atomic E-state index is 12.9. The van der Waals surface area contributed by atoms with Gasteiger partial charge in [-0.3, -0.25) is 0 Å². The van der Waals surface area contributed by atoms with Gasteiger partial charge < -0.3 is 4.98 Å². The van der Waals surface area contributed by atoms with Crippen molar-refractivity contribution in [2.45, 2.75) is 6.18 Å². The number of rotatable bonds is 1. The summed E-state index contributed by atoms with van der Waals surface area (Å²) in [5.74, 6) is -0.385. The molecule has 0 spiro atoms. The van der Waals surface area contributed by atoms with Crippen LogP contribution in [0.4, 0.5) is 17.6 Å². The van der Waals surface area contributed by atoms with Gasteiger partial charge in [0.1, 0.15) is 5.82 Å². The number of fused-ring (bicyclic) bond motifs is 1. The average molecular weight is 279 g/mol. The van der Waals surface area contributed by atoms with Crippen molar-refractivity contribution in [2.75, 3.05) is 0 Å². The maximum Gasteiger partial charge on any atom is 0.416 e. The minimum absolute atomic E-state index is 0.385. The molecule has 0 bridgehead atoms. The van der Waals surface area contributed by atoms with Gasteiger partial charge in [-0.15, -0.1) is 0 Å². The Kier molecular flexibility index (Phi) is 2.78. The molecule has 2 aromatic carbocycles. The maximum absolute atomic E-state index is 12.9. The summed E-state index contributed by atoms with van der Waals surface area (Å²) in [6, 6.07) is 9.17. The Morgan fingerprint density at radius 2 is 1.60 bits per heavy atom. The van der Waals surface area contributed by atoms with Crippen LogP contribution in [0, 0.1) is 5.82 Å². The van der Waals surface area contributed by atoms with Gasteiger partial charge in [0.15, 0.2) is 0 Å². The molecule has 1 N–H and O–H groups in total. The highest BCUT2D eigenvalue weighted by atomic mass is 19.4. The van der Waals surface area contributed by atoms with Gasteiger partial charge in [0, 0.05) is 22.7 Å². The topological polar surface area (TPSA) is 15.8 Å². The first-order valence-corrected chi connectivity index (χ1v) is 5.89. The molecule has 3 aromatic rings. The Bertz CT molecular complexity index is 754. The van der Waals surface area contributed by atoms with Crippen molar-refractivity contribution in [3.8, 4) is 11.1 Å². The van der Waals surface area contributed by atoms with Crippen LogP contribution in [0.5, 0.6) is 0 Å². The first kappa shape index (κ1) is 12.7. The van der Waals surface area contributed by atoms with E-state index in [0.29, 0.717) is 22.0 Å². The summed E-state index contributed by atoms with van der Waals surface area (Å²) >= 11 is 0. The van der Waals surface area contributed by atoms with Crippen LogP contribution >= 0.6 is 0 Å². The number of halogens is 4. The first-order chi connectivity index (χ1) is 9.45. The number of nitrogens with one attached hydrogen (secondary N) is 1. The molecule has 102 valence electrons. The van der Waals surface area contributed by atoms with Crippen LogP contribution in [0.25, 0.3) is 22.0 Å². The van der Waals surface area contributed by atoms with Gasteiger partial charge in [0.2, 0.25) is 0 Å². The molecule has 0 aliphatic carbocycles. The third-order valence-electron chi connectivity index (χ3n) is 3.16. The van der Waals surface area contributed by atoms with E-state index in [1.54, 1.807) is 6.20 Å². The summed E-state index contributed by atoms with van der Waals surface area (Å²) in [4.78, 5) is 2.92. The Balaban J connectivity index is 2.19. The number of benzene rings is 2. The fraction of sp³-hybridized carbons (Fsp3) is 0.0667. The van der Waals surface area contributed by atoms with Gasteiger partial charge in [0.05, 0.1) is 5.56 Å². The highest BCUT2D eigenvalue weighted by Gasteiger charge is 2.30. The molecule has 3 rings (SSSR count). The SMILES string of the molecule is Fc1ccc(-c2c[nH]c3ccc(C(F)(F)F)cc23)cc1. The van der Waals surface area contributed by atoms with Gasteiger partial charge >= 0.3 is 6.18 Å². The number of alkyl halides is 3. The molecule has 1 nitrogen and oxygen atoms in total. The van der Waals surface area contributed by atoms with Crippen LogP contribution in [0.2, 0.25) is 0 Å². The molecule has 1 heterocycles. The summed E-state index contributed by atoms with van der Waals surface area (Å²) in [6.07, 6.45) is -2.76. The lowest BCUT2D eigenvalue weighted by Gasteiger charge is -2.07. The molecule has 0 fully saturated rings. The van der Waals surface area contributed by atoms with Crippen LogP contribution in [-0.2, 0) is 6.18 Å². The Morgan fingerprint density at radius 3 is 2.25 bits per heavy atom. The first-order valence-electron chi connectivity index (χ1n) is 5.89. The number of aromatic nitrogens is 1. The van der Waals surface area contributed by atoms with Crippen LogP contribution in [0.3, 0.4) is 0 Å². The van der Waals surface area contributed by atoms with Gasteiger partial charge in [0.25, 0.3) is 0 Å². The normalized spacial score (nSPS) is 12.0. The zero-order valence-electron chi connectivity index (χ0n) is 10.1. The molecular weight excluding hydrogens is 270 g/mol. The summed E-state index contributed by atoms with van der Waals surface area (Å²) in [6.45, 7) is 0. The lowest BCUT2D eigenvalue weighted by molar-refractivity contribution is -0.137. The molecule has 0 atom stereocenters. The summed E-state index contributed by atoms with van der Waals surface area (Å²) < 4.78 is 51.2. The number of hydrogen-bond donors (Lipinski definition) is 1. The molecular formula is C15H9F4N. The largest absolute Gasteiger partial charge is 0.416 e. The number of aromatic amines is 1. The molecule has 20 heavy (non-hydrogen) atoms. The Labute approximate surface area is 111 Å². The van der Waals surface area contributed by atoms with Crippen molar-refractivity contribution in [3.05, 3.63) is 60.0 Å². The van der Waals surface area contributed by atoms with E-state index in [9.17, 15) is 17.6 Å². The standard InChI is InChI=1S/C15H9F4N/c16-11-4-1-9(2-5-11)13-8-20-14-6-3-10(7-12(13)14)15(17,18)19/h1-8,20H. The second-order valence-corrected chi connectivity index (χ2v) is 4.47. The highest BCUT2D eigenvalue weighted by Crippen LogP contribution is 2.35. The molecule has 0 aliphatic rings. The fourth-order valence-corrected chi connectivity index (χ4v) is 2.17. The predicted octanol–water partition coefficient (Wildman–Crippen LogP) is 4.99. The van der Waals surface area contributed by atoms with E-state index in [-0.39, 0.29) is 5.82 Å². The van der Waals surface area contributed by atoms with Crippen molar-refractivity contribution in [1.29, 1.82) is 0 Å². The molecule has 0 radical (unpaired) electrons. The van der Waals surface area contributed by atoms with Gasteiger partial charge in [-0.2, -0.15) is 13.2 Å². The quantitative estimate of drug-likeness (QED) is 0.604. The van der Waals surface area contributed by atoms with E-state index in [4.69, 9.17) is 0 Å². The highest BCUT2D eigenvalue weighted by molar-refractivity contribution is 5.95. The third kappa shape index (κ3) is 2.15. The van der Waals surface area contributed by atoms with E-state index in [1.165, 1.54) is 30.3 Å². The van der Waals surface area contributed by atoms with E-state index >= 15 is 0 Å². The molecule has 0 saturated carbocycles. The van der Waals surface area contributed by atoms with Gasteiger partial charge in [-0.1, -0.05) is 12.1 Å². The van der Waals surface area contributed by atoms with Crippen LogP contribution in [0.1, 0.15) is 5.56 Å². The Hall–Kier alpha value is -2.30. The molecule has 0 amide bonds. The molecule has 1 aromatic heterocycles. The number of H-pyrrole nitrogens is 1. The van der Waals surface area contributed by atoms with Crippen molar-refractivity contribution in [3.63, 3.8) is 0 Å². The van der Waals surface area contributed by atoms with Crippen LogP contribution in [-0.4, -0.2) is 4.98 Å². The molecule has 5 heteroatoms. The smallest absolute Gasteiger partial charge is 0.361 e. The minimum Gasteiger partial charge on any atom is -0.361 e. The zero-order valence-corrected chi connectivity index (χ0v) is 10.1. The van der Waals surface area contributed by atoms with Crippen LogP contribution in [0.15, 0.2) is 48.7 Å². The van der Waals surface area contributed by atoms with Crippen molar-refractivity contribution < 1.29 is 17.6 Å². The lowest BCUT2D eigenvalue weighted by Crippen LogP contribution is -2.04. The fourth-order valence-electron chi connectivity index (χ4n) is 2.17. The number of hydrogen-bond acceptors (Lipinski definition) is 0. The predicted molar refractivity (Wildman–Crippen MR) is 68.7 cm³/mol. The second-order valence-electron chi connectivity index (χ2n) is 4.47. The summed E-state index contributed by atoms with van der Waals surface area (Å²) in [5, 5.41) is 0.464. The van der Waals surface area contributed by atoms with E-state index < -0.39 is 11.7 Å². The molecule has 0 saturated heterocycles. The summed E-state index contributed by atoms with van der Waals surface area (Å²) in [5.41, 5.74) is 1.19. The second kappa shape index (κ2) is 4.37. The third-order valence-corrected chi connectivity index (χ3v) is 3.16. The zero-order chi connectivity index (χ0) is 14.3. The lowest BCUT2D eigenvalue weighted by atomic mass is 10.0. The average Bonchev–Trinajstić information content (AvgIpc) is 2.81. The van der Waals surface area contributed by atoms with E-state index in [2.05, 4.69) is 4.98 Å². The minimum atomic E-state index is -4.38. The van der Waals surface area contributed by atoms with E-state index in [0.717, 1.165) is 12.1 Å². The Morgan fingerprint density at radius 1 is 0.900 bits per heavy atom. The van der Waals surface area contributed by atoms with Gasteiger partial charge in [-0.05, 0) is 35.9 Å². The van der Waals surface area contributed by atoms with Crippen molar-refractivity contribution in [1.82, 2.24) is 4.98 Å². The monoisotopic (exact) mass is 279 g/mol. The summed E-state index contributed by atoms with van der Waals surface area (Å²) in [7, 11) is 0. The molecule has 0 aliphatic heterocycles. The van der Waals surface area contributed by atoms with Gasteiger partial charge in [-0.25, -0.2) is 4.39 Å². The van der Waals surface area contributed by atoms with E-state index in [1.807, 2.05) is 0 Å². The van der Waals surface area contributed by atoms with Crippen LogP contribution < -0.4 is 0 Å². The van der Waals surface area contributed by atoms with Crippen molar-refractivity contribution in [2.24, 2.45) is 0 Å². The molecule has 0 unspecified atom stereocenters.